The first-order valence-electron chi connectivity index (χ1n) is 8.27. The van der Waals surface area contributed by atoms with Crippen LogP contribution in [0.15, 0.2) is 58.3 Å². The van der Waals surface area contributed by atoms with Crippen molar-refractivity contribution in [2.75, 3.05) is 0 Å². The zero-order chi connectivity index (χ0) is 18.6. The molecule has 0 N–H and O–H groups in total. The topological polar surface area (TPSA) is 66.2 Å². The third-order valence-electron chi connectivity index (χ3n) is 4.55. The lowest BCUT2D eigenvalue weighted by molar-refractivity contribution is 0.707. The first-order valence-corrected chi connectivity index (χ1v) is 8.27. The predicted molar refractivity (Wildman–Crippen MR) is 101 cm³/mol. The van der Waals surface area contributed by atoms with E-state index >= 15 is 0 Å². The van der Waals surface area contributed by atoms with E-state index in [0.717, 1.165) is 21.4 Å². The Bertz CT molecular complexity index is 1290. The van der Waals surface area contributed by atoms with Crippen molar-refractivity contribution in [1.29, 1.82) is 0 Å². The Balaban J connectivity index is 2.17. The Hall–Kier alpha value is -3.35. The van der Waals surface area contributed by atoms with Gasteiger partial charge in [-0.1, -0.05) is 42.5 Å². The van der Waals surface area contributed by atoms with Crippen molar-refractivity contribution < 1.29 is 0 Å². The van der Waals surface area contributed by atoms with Crippen LogP contribution in [0.4, 0.5) is 0 Å². The van der Waals surface area contributed by atoms with Crippen molar-refractivity contribution >= 4 is 16.9 Å². The Morgan fingerprint density at radius 1 is 1.12 bits per heavy atom. The lowest BCUT2D eigenvalue weighted by Crippen LogP contribution is -2.37. The van der Waals surface area contributed by atoms with Crippen LogP contribution in [0, 0.1) is 0 Å². The molecule has 0 bridgehead atoms. The van der Waals surface area contributed by atoms with Gasteiger partial charge < -0.3 is 4.57 Å². The van der Waals surface area contributed by atoms with E-state index < -0.39 is 5.69 Å². The largest absolute Gasteiger partial charge is 0.332 e. The van der Waals surface area contributed by atoms with E-state index in [4.69, 9.17) is 0 Å². The summed E-state index contributed by atoms with van der Waals surface area (Å²) in [6, 6.07) is 9.93. The SMILES string of the molecule is C=C(C)Cn1c(-c2ccccc2)cn2c3c(=O)n(C)c(=O)n(C)c3nc12. The van der Waals surface area contributed by atoms with E-state index in [9.17, 15) is 9.59 Å². The van der Waals surface area contributed by atoms with Gasteiger partial charge in [-0.25, -0.2) is 4.79 Å². The second-order valence-corrected chi connectivity index (χ2v) is 6.58. The van der Waals surface area contributed by atoms with Crippen molar-refractivity contribution in [2.24, 2.45) is 14.1 Å². The van der Waals surface area contributed by atoms with Gasteiger partial charge >= 0.3 is 5.69 Å². The second kappa shape index (κ2) is 5.59. The molecule has 7 heteroatoms. The first kappa shape index (κ1) is 16.1. The van der Waals surface area contributed by atoms with Gasteiger partial charge in [-0.05, 0) is 12.5 Å². The molecule has 0 amide bonds. The van der Waals surface area contributed by atoms with Crippen molar-refractivity contribution in [3.63, 3.8) is 0 Å². The molecule has 4 aromatic rings. The predicted octanol–water partition coefficient (Wildman–Crippen LogP) is 1.93. The monoisotopic (exact) mass is 349 g/mol. The molecule has 0 spiro atoms. The molecule has 0 aliphatic rings. The highest BCUT2D eigenvalue weighted by molar-refractivity contribution is 5.78. The maximum atomic E-state index is 12.7. The summed E-state index contributed by atoms with van der Waals surface area (Å²) in [5, 5.41) is 0. The highest BCUT2D eigenvalue weighted by atomic mass is 16.2. The number of aromatic nitrogens is 5. The second-order valence-electron chi connectivity index (χ2n) is 6.58. The summed E-state index contributed by atoms with van der Waals surface area (Å²) >= 11 is 0. The molecular formula is C19H19N5O2. The number of aryl methyl sites for hydroxylation is 1. The van der Waals surface area contributed by atoms with Gasteiger partial charge in [0.15, 0.2) is 11.2 Å². The highest BCUT2D eigenvalue weighted by Crippen LogP contribution is 2.25. The van der Waals surface area contributed by atoms with Crippen LogP contribution in [0.1, 0.15) is 6.92 Å². The van der Waals surface area contributed by atoms with E-state index in [0.29, 0.717) is 23.5 Å². The molecule has 0 saturated carbocycles. The molecule has 7 nitrogen and oxygen atoms in total. The minimum atomic E-state index is -0.391. The van der Waals surface area contributed by atoms with E-state index in [1.54, 1.807) is 11.4 Å². The fourth-order valence-electron chi connectivity index (χ4n) is 3.28. The number of allylic oxidation sites excluding steroid dienone is 1. The minimum absolute atomic E-state index is 0.359. The number of hydrogen-bond donors (Lipinski definition) is 0. The summed E-state index contributed by atoms with van der Waals surface area (Å²) in [7, 11) is 3.10. The Labute approximate surface area is 149 Å². The lowest BCUT2D eigenvalue weighted by Gasteiger charge is -2.08. The standard InChI is InChI=1S/C19H19N5O2/c1-12(2)10-23-14(13-8-6-5-7-9-13)11-24-15-16(20-18(23)24)21(3)19(26)22(4)17(15)25/h5-9,11H,1,10H2,2-4H3. The van der Waals surface area contributed by atoms with Crippen molar-refractivity contribution in [1.82, 2.24) is 23.1 Å². The number of benzene rings is 1. The summed E-state index contributed by atoms with van der Waals surface area (Å²) in [5.41, 5.74) is 2.95. The molecule has 1 aromatic carbocycles. The van der Waals surface area contributed by atoms with Crippen LogP contribution < -0.4 is 11.2 Å². The highest BCUT2D eigenvalue weighted by Gasteiger charge is 2.20. The van der Waals surface area contributed by atoms with Crippen molar-refractivity contribution in [2.45, 2.75) is 13.5 Å². The van der Waals surface area contributed by atoms with E-state index in [1.807, 2.05) is 48.0 Å². The van der Waals surface area contributed by atoms with Crippen LogP contribution in [0.25, 0.3) is 28.2 Å². The quantitative estimate of drug-likeness (QED) is 0.531. The Kier molecular flexibility index (Phi) is 3.47. The number of fused-ring (bicyclic) bond motifs is 3. The van der Waals surface area contributed by atoms with Crippen molar-refractivity contribution in [3.8, 4) is 11.3 Å². The van der Waals surface area contributed by atoms with Gasteiger partial charge in [0, 0.05) is 26.8 Å². The van der Waals surface area contributed by atoms with Crippen LogP contribution in [-0.2, 0) is 20.6 Å². The lowest BCUT2D eigenvalue weighted by atomic mass is 10.1. The van der Waals surface area contributed by atoms with Gasteiger partial charge in [0.1, 0.15) is 0 Å². The van der Waals surface area contributed by atoms with Gasteiger partial charge in [0.05, 0.1) is 5.69 Å². The molecule has 0 aliphatic heterocycles. The molecule has 0 unspecified atom stereocenters. The molecule has 3 heterocycles. The van der Waals surface area contributed by atoms with Crippen LogP contribution in [0.5, 0.6) is 0 Å². The van der Waals surface area contributed by atoms with Crippen LogP contribution in [0.3, 0.4) is 0 Å². The molecule has 0 aliphatic carbocycles. The Morgan fingerprint density at radius 3 is 2.46 bits per heavy atom. The zero-order valence-corrected chi connectivity index (χ0v) is 14.9. The van der Waals surface area contributed by atoms with Gasteiger partial charge in [0.2, 0.25) is 5.78 Å². The molecule has 3 aromatic heterocycles. The zero-order valence-electron chi connectivity index (χ0n) is 14.9. The fourth-order valence-corrected chi connectivity index (χ4v) is 3.28. The van der Waals surface area contributed by atoms with Crippen LogP contribution >= 0.6 is 0 Å². The average Bonchev–Trinajstić information content (AvgIpc) is 3.16. The molecule has 0 saturated heterocycles. The average molecular weight is 349 g/mol. The van der Waals surface area contributed by atoms with Crippen LogP contribution in [0.2, 0.25) is 0 Å². The van der Waals surface area contributed by atoms with Crippen LogP contribution in [-0.4, -0.2) is 23.1 Å². The van der Waals surface area contributed by atoms with E-state index in [2.05, 4.69) is 11.6 Å². The van der Waals surface area contributed by atoms with Gasteiger partial charge in [-0.3, -0.25) is 18.3 Å². The number of rotatable bonds is 3. The van der Waals surface area contributed by atoms with Crippen molar-refractivity contribution in [3.05, 3.63) is 69.5 Å². The summed E-state index contributed by atoms with van der Waals surface area (Å²) < 4.78 is 6.29. The van der Waals surface area contributed by atoms with Gasteiger partial charge in [-0.2, -0.15) is 4.98 Å². The molecule has 0 radical (unpaired) electrons. The summed E-state index contributed by atoms with van der Waals surface area (Å²) in [6.45, 7) is 6.52. The molecule has 0 atom stereocenters. The molecule has 0 fully saturated rings. The third kappa shape index (κ3) is 2.17. The summed E-state index contributed by atoms with van der Waals surface area (Å²) in [5.74, 6) is 0.611. The van der Waals surface area contributed by atoms with E-state index in [-0.39, 0.29) is 5.56 Å². The fraction of sp³-hybridized carbons (Fsp3) is 0.211. The molecule has 4 rings (SSSR count). The van der Waals surface area contributed by atoms with E-state index in [1.165, 1.54) is 11.6 Å². The van der Waals surface area contributed by atoms with Gasteiger partial charge in [-0.15, -0.1) is 0 Å². The minimum Gasteiger partial charge on any atom is -0.305 e. The normalized spacial score (nSPS) is 11.5. The summed E-state index contributed by atoms with van der Waals surface area (Å²) in [6.07, 6.45) is 1.90. The maximum Gasteiger partial charge on any atom is 0.332 e. The van der Waals surface area contributed by atoms with Gasteiger partial charge in [0.25, 0.3) is 5.56 Å². The smallest absolute Gasteiger partial charge is 0.305 e. The number of hydrogen-bond acceptors (Lipinski definition) is 3. The Morgan fingerprint density at radius 2 is 1.81 bits per heavy atom. The summed E-state index contributed by atoms with van der Waals surface area (Å²) in [4.78, 5) is 29.5. The third-order valence-corrected chi connectivity index (χ3v) is 4.55. The first-order chi connectivity index (χ1) is 12.4. The molecule has 132 valence electrons. The molecular weight excluding hydrogens is 330 g/mol. The molecule has 26 heavy (non-hydrogen) atoms. The maximum absolute atomic E-state index is 12.7. The number of imidazole rings is 2. The number of nitrogens with zero attached hydrogens (tertiary/aromatic N) is 5.